The lowest BCUT2D eigenvalue weighted by Crippen LogP contribution is -2.53. The fourth-order valence-electron chi connectivity index (χ4n) is 2.37. The van der Waals surface area contributed by atoms with Gasteiger partial charge >= 0.3 is 0 Å². The minimum absolute atomic E-state index is 0.159. The first-order chi connectivity index (χ1) is 7.66. The number of methoxy groups -OCH3 is 1. The molecule has 16 heavy (non-hydrogen) atoms. The van der Waals surface area contributed by atoms with Crippen molar-refractivity contribution in [2.45, 2.75) is 18.1 Å². The summed E-state index contributed by atoms with van der Waals surface area (Å²) in [5, 5.41) is 10.8. The van der Waals surface area contributed by atoms with E-state index in [-0.39, 0.29) is 6.10 Å². The molecule has 0 aromatic heterocycles. The molecule has 1 heterocycles. The van der Waals surface area contributed by atoms with E-state index in [2.05, 4.69) is 11.9 Å². The summed E-state index contributed by atoms with van der Waals surface area (Å²) in [5.41, 5.74) is 0.109. The molecule has 3 heteroatoms. The Morgan fingerprint density at radius 2 is 2.06 bits per heavy atom. The summed E-state index contributed by atoms with van der Waals surface area (Å²) in [6, 6.07) is 9.81. The molecule has 2 rings (SSSR count). The van der Waals surface area contributed by atoms with Crippen molar-refractivity contribution in [1.29, 1.82) is 0 Å². The number of ether oxygens (including phenoxy) is 1. The molecule has 1 aliphatic heterocycles. The van der Waals surface area contributed by atoms with E-state index >= 15 is 0 Å². The molecular weight excluding hydrogens is 202 g/mol. The van der Waals surface area contributed by atoms with Crippen LogP contribution in [0.3, 0.4) is 0 Å². The number of likely N-dealkylation sites (tertiary alicyclic amines) is 1. The fourth-order valence-corrected chi connectivity index (χ4v) is 2.37. The maximum atomic E-state index is 10.8. The molecule has 0 aliphatic carbocycles. The van der Waals surface area contributed by atoms with Crippen LogP contribution >= 0.6 is 0 Å². The second-order valence-electron chi connectivity index (χ2n) is 4.53. The Labute approximate surface area is 96.6 Å². The summed E-state index contributed by atoms with van der Waals surface area (Å²) in [6.07, 6.45) is 0.556. The lowest BCUT2D eigenvalue weighted by atomic mass is 9.82. The van der Waals surface area contributed by atoms with E-state index in [0.717, 1.165) is 18.7 Å². The zero-order valence-corrected chi connectivity index (χ0v) is 9.89. The van der Waals surface area contributed by atoms with Crippen molar-refractivity contribution in [3.63, 3.8) is 0 Å². The van der Waals surface area contributed by atoms with Gasteiger partial charge in [0, 0.05) is 20.2 Å². The Kier molecular flexibility index (Phi) is 3.28. The minimum Gasteiger partial charge on any atom is -0.382 e. The van der Waals surface area contributed by atoms with E-state index in [9.17, 15) is 5.11 Å². The summed E-state index contributed by atoms with van der Waals surface area (Å²) >= 11 is 0. The summed E-state index contributed by atoms with van der Waals surface area (Å²) in [5.74, 6) is 0. The van der Waals surface area contributed by atoms with Crippen LogP contribution in [0, 0.1) is 0 Å². The van der Waals surface area contributed by atoms with E-state index in [4.69, 9.17) is 4.74 Å². The third-order valence-electron chi connectivity index (χ3n) is 3.44. The first-order valence-electron chi connectivity index (χ1n) is 5.66. The number of benzene rings is 1. The van der Waals surface area contributed by atoms with Crippen molar-refractivity contribution < 1.29 is 9.84 Å². The van der Waals surface area contributed by atoms with Crippen LogP contribution in [0.4, 0.5) is 0 Å². The van der Waals surface area contributed by atoms with Crippen LogP contribution in [-0.4, -0.2) is 43.4 Å². The topological polar surface area (TPSA) is 32.7 Å². The summed E-state index contributed by atoms with van der Waals surface area (Å²) in [7, 11) is 3.72. The number of rotatable bonds is 2. The van der Waals surface area contributed by atoms with Crippen LogP contribution in [0.25, 0.3) is 0 Å². The van der Waals surface area contributed by atoms with Gasteiger partial charge in [-0.15, -0.1) is 0 Å². The van der Waals surface area contributed by atoms with Crippen LogP contribution in [0.2, 0.25) is 0 Å². The van der Waals surface area contributed by atoms with Gasteiger partial charge in [0.1, 0.15) is 11.7 Å². The second-order valence-corrected chi connectivity index (χ2v) is 4.53. The lowest BCUT2D eigenvalue weighted by Gasteiger charge is -2.42. The van der Waals surface area contributed by atoms with Gasteiger partial charge in [-0.05, 0) is 19.0 Å². The smallest absolute Gasteiger partial charge is 0.118 e. The summed E-state index contributed by atoms with van der Waals surface area (Å²) < 4.78 is 5.44. The second kappa shape index (κ2) is 4.53. The Morgan fingerprint density at radius 3 is 2.69 bits per heavy atom. The summed E-state index contributed by atoms with van der Waals surface area (Å²) in [4.78, 5) is 2.19. The number of hydrogen-bond donors (Lipinski definition) is 1. The molecule has 1 aliphatic rings. The molecule has 1 N–H and O–H groups in total. The SMILES string of the molecule is CO[C@H]1CN(C)CC[C@]1(O)c1ccccc1. The minimum atomic E-state index is -0.845. The van der Waals surface area contributed by atoms with Gasteiger partial charge in [0.15, 0.2) is 0 Å². The Hall–Kier alpha value is -0.900. The molecule has 3 nitrogen and oxygen atoms in total. The van der Waals surface area contributed by atoms with E-state index < -0.39 is 5.60 Å². The van der Waals surface area contributed by atoms with Crippen molar-refractivity contribution in [2.75, 3.05) is 27.2 Å². The monoisotopic (exact) mass is 221 g/mol. The standard InChI is InChI=1S/C13H19NO2/c1-14-9-8-13(15,12(10-14)16-2)11-6-4-3-5-7-11/h3-7,12,15H,8-10H2,1-2H3/t12-,13-/m0/s1. The number of nitrogens with zero attached hydrogens (tertiary/aromatic N) is 1. The molecule has 1 aromatic rings. The first-order valence-corrected chi connectivity index (χ1v) is 5.66. The van der Waals surface area contributed by atoms with Crippen LogP contribution in [0.5, 0.6) is 0 Å². The molecule has 1 saturated heterocycles. The molecule has 1 fully saturated rings. The molecule has 0 bridgehead atoms. The zero-order valence-electron chi connectivity index (χ0n) is 9.89. The van der Waals surface area contributed by atoms with Gasteiger partial charge in [-0.3, -0.25) is 0 Å². The Morgan fingerprint density at radius 1 is 1.38 bits per heavy atom. The fraction of sp³-hybridized carbons (Fsp3) is 0.538. The quantitative estimate of drug-likeness (QED) is 0.815. The zero-order chi connectivity index (χ0) is 11.6. The van der Waals surface area contributed by atoms with Gasteiger partial charge in [-0.25, -0.2) is 0 Å². The molecule has 0 radical (unpaired) electrons. The van der Waals surface area contributed by atoms with Gasteiger partial charge in [0.05, 0.1) is 0 Å². The third-order valence-corrected chi connectivity index (χ3v) is 3.44. The highest BCUT2D eigenvalue weighted by molar-refractivity contribution is 5.25. The molecule has 1 aromatic carbocycles. The van der Waals surface area contributed by atoms with Crippen LogP contribution < -0.4 is 0 Å². The Balaban J connectivity index is 2.29. The number of likely N-dealkylation sites (N-methyl/N-ethyl adjacent to an activating group) is 1. The lowest BCUT2D eigenvalue weighted by molar-refractivity contribution is -0.136. The van der Waals surface area contributed by atoms with Gasteiger partial charge in [0.2, 0.25) is 0 Å². The normalized spacial score (nSPS) is 31.6. The maximum Gasteiger partial charge on any atom is 0.118 e. The van der Waals surface area contributed by atoms with Crippen molar-refractivity contribution in [3.8, 4) is 0 Å². The average Bonchev–Trinajstić information content (AvgIpc) is 2.33. The largest absolute Gasteiger partial charge is 0.382 e. The van der Waals surface area contributed by atoms with Gasteiger partial charge in [0.25, 0.3) is 0 Å². The van der Waals surface area contributed by atoms with Crippen molar-refractivity contribution in [1.82, 2.24) is 4.90 Å². The molecule has 88 valence electrons. The Bertz CT molecular complexity index is 341. The number of aliphatic hydroxyl groups is 1. The first kappa shape index (κ1) is 11.6. The molecular formula is C13H19NO2. The van der Waals surface area contributed by atoms with E-state index in [1.807, 2.05) is 30.3 Å². The highest BCUT2D eigenvalue weighted by atomic mass is 16.5. The van der Waals surface area contributed by atoms with Gasteiger partial charge in [-0.1, -0.05) is 30.3 Å². The average molecular weight is 221 g/mol. The predicted octanol–water partition coefficient (Wildman–Crippen LogP) is 1.22. The predicted molar refractivity (Wildman–Crippen MR) is 63.2 cm³/mol. The molecule has 0 spiro atoms. The summed E-state index contributed by atoms with van der Waals surface area (Å²) in [6.45, 7) is 1.66. The molecule has 0 unspecified atom stereocenters. The maximum absolute atomic E-state index is 10.8. The highest BCUT2D eigenvalue weighted by Crippen LogP contribution is 2.33. The van der Waals surface area contributed by atoms with Gasteiger partial charge in [-0.2, -0.15) is 0 Å². The number of piperidine rings is 1. The molecule has 2 atom stereocenters. The molecule has 0 saturated carbocycles. The van der Waals surface area contributed by atoms with Gasteiger partial charge < -0.3 is 14.7 Å². The van der Waals surface area contributed by atoms with Crippen LogP contribution in [0.15, 0.2) is 30.3 Å². The van der Waals surface area contributed by atoms with E-state index in [0.29, 0.717) is 6.42 Å². The third kappa shape index (κ3) is 1.98. The van der Waals surface area contributed by atoms with Crippen LogP contribution in [-0.2, 0) is 10.3 Å². The van der Waals surface area contributed by atoms with Crippen LogP contribution in [0.1, 0.15) is 12.0 Å². The van der Waals surface area contributed by atoms with E-state index in [1.54, 1.807) is 7.11 Å². The number of hydrogen-bond acceptors (Lipinski definition) is 3. The van der Waals surface area contributed by atoms with Crippen molar-refractivity contribution in [3.05, 3.63) is 35.9 Å². The molecule has 0 amide bonds. The van der Waals surface area contributed by atoms with E-state index in [1.165, 1.54) is 0 Å². The highest BCUT2D eigenvalue weighted by Gasteiger charge is 2.42. The van der Waals surface area contributed by atoms with Crippen molar-refractivity contribution >= 4 is 0 Å². The van der Waals surface area contributed by atoms with Crippen molar-refractivity contribution in [2.24, 2.45) is 0 Å².